The van der Waals surface area contributed by atoms with E-state index in [1.54, 1.807) is 42.5 Å². The highest BCUT2D eigenvalue weighted by molar-refractivity contribution is 7.10. The van der Waals surface area contributed by atoms with Crippen molar-refractivity contribution >= 4 is 34.5 Å². The first-order chi connectivity index (χ1) is 15.9. The minimum Gasteiger partial charge on any atom is -0.507 e. The van der Waals surface area contributed by atoms with E-state index < -0.39 is 17.7 Å². The number of Topliss-reactive ketones (excluding diaryl/α,β-unsaturated/α-hetero) is 1. The van der Waals surface area contributed by atoms with Crippen molar-refractivity contribution in [1.29, 1.82) is 0 Å². The molecule has 2 aromatic carbocycles. The predicted octanol–water partition coefficient (Wildman–Crippen LogP) is 4.71. The van der Waals surface area contributed by atoms with Crippen LogP contribution < -0.4 is 19.1 Å². The van der Waals surface area contributed by atoms with Gasteiger partial charge in [-0.2, -0.15) is 0 Å². The molecular formula is C25H23NO6S. The molecule has 1 aliphatic heterocycles. The number of aliphatic hydroxyl groups is 1. The third kappa shape index (κ3) is 3.93. The van der Waals surface area contributed by atoms with Gasteiger partial charge in [0.2, 0.25) is 0 Å². The van der Waals surface area contributed by atoms with Gasteiger partial charge in [0.05, 0.1) is 32.6 Å². The molecule has 0 radical (unpaired) electrons. The van der Waals surface area contributed by atoms with E-state index in [1.165, 1.54) is 37.6 Å². The summed E-state index contributed by atoms with van der Waals surface area (Å²) in [5, 5.41) is 13.1. The van der Waals surface area contributed by atoms with E-state index in [0.29, 0.717) is 28.5 Å². The van der Waals surface area contributed by atoms with Crippen molar-refractivity contribution in [2.45, 2.75) is 13.0 Å². The molecule has 1 unspecified atom stereocenters. The molecule has 1 amide bonds. The fourth-order valence-corrected chi connectivity index (χ4v) is 4.89. The van der Waals surface area contributed by atoms with Gasteiger partial charge in [-0.05, 0) is 36.1 Å². The molecule has 1 saturated heterocycles. The van der Waals surface area contributed by atoms with Gasteiger partial charge in [-0.1, -0.05) is 12.1 Å². The number of nitrogens with zero attached hydrogens (tertiary/aromatic N) is 1. The third-order valence-electron chi connectivity index (χ3n) is 5.55. The Kier molecular flexibility index (Phi) is 6.11. The summed E-state index contributed by atoms with van der Waals surface area (Å²) in [4.78, 5) is 28.8. The maximum atomic E-state index is 13.3. The Labute approximate surface area is 195 Å². The number of carbonyl (C=O) groups is 2. The van der Waals surface area contributed by atoms with Crippen LogP contribution in [0, 0.1) is 6.92 Å². The van der Waals surface area contributed by atoms with Crippen LogP contribution in [-0.4, -0.2) is 38.1 Å². The first-order valence-electron chi connectivity index (χ1n) is 10.1. The Hall–Kier alpha value is -3.78. The van der Waals surface area contributed by atoms with Crippen LogP contribution in [0.25, 0.3) is 5.76 Å². The summed E-state index contributed by atoms with van der Waals surface area (Å²) in [5.74, 6) is -0.305. The van der Waals surface area contributed by atoms with Gasteiger partial charge in [-0.3, -0.25) is 14.5 Å². The highest BCUT2D eigenvalue weighted by Crippen LogP contribution is 2.46. The maximum Gasteiger partial charge on any atom is 0.300 e. The quantitative estimate of drug-likeness (QED) is 0.322. The molecule has 1 aliphatic rings. The molecule has 0 aliphatic carbocycles. The standard InChI is InChI=1S/C25H23NO6S/c1-14-8-9-33-24(14)21-20(22(27)15-6-5-7-17(10-15)30-2)23(28)25(29)26(21)16-11-18(31-3)13-19(12-16)32-4/h5-13,21,27H,1-4H3/b22-20-. The van der Waals surface area contributed by atoms with Crippen LogP contribution in [0.4, 0.5) is 5.69 Å². The van der Waals surface area contributed by atoms with Gasteiger partial charge >= 0.3 is 0 Å². The molecule has 170 valence electrons. The number of benzene rings is 2. The largest absolute Gasteiger partial charge is 0.507 e. The van der Waals surface area contributed by atoms with E-state index in [-0.39, 0.29) is 11.3 Å². The number of carbonyl (C=O) groups excluding carboxylic acids is 2. The maximum absolute atomic E-state index is 13.3. The topological polar surface area (TPSA) is 85.3 Å². The Balaban J connectivity index is 1.96. The monoisotopic (exact) mass is 465 g/mol. The Morgan fingerprint density at radius 3 is 2.18 bits per heavy atom. The smallest absolute Gasteiger partial charge is 0.300 e. The number of anilines is 1. The average Bonchev–Trinajstić information content (AvgIpc) is 3.38. The van der Waals surface area contributed by atoms with Crippen LogP contribution in [0.2, 0.25) is 0 Å². The van der Waals surface area contributed by atoms with E-state index in [0.717, 1.165) is 10.4 Å². The van der Waals surface area contributed by atoms with Crippen LogP contribution in [0.15, 0.2) is 59.5 Å². The van der Waals surface area contributed by atoms with Crippen LogP contribution in [0.5, 0.6) is 17.2 Å². The van der Waals surface area contributed by atoms with Gasteiger partial charge in [0.25, 0.3) is 11.7 Å². The number of aryl methyl sites for hydroxylation is 1. The van der Waals surface area contributed by atoms with Gasteiger partial charge in [-0.15, -0.1) is 11.3 Å². The summed E-state index contributed by atoms with van der Waals surface area (Å²) in [6.07, 6.45) is 0. The lowest BCUT2D eigenvalue weighted by molar-refractivity contribution is -0.132. The van der Waals surface area contributed by atoms with Crippen molar-refractivity contribution in [2.75, 3.05) is 26.2 Å². The molecule has 1 aromatic heterocycles. The molecule has 1 atom stereocenters. The fraction of sp³-hybridized carbons (Fsp3) is 0.200. The van der Waals surface area contributed by atoms with Crippen molar-refractivity contribution in [3.63, 3.8) is 0 Å². The van der Waals surface area contributed by atoms with Gasteiger partial charge in [0, 0.05) is 28.6 Å². The summed E-state index contributed by atoms with van der Waals surface area (Å²) < 4.78 is 16.0. The molecule has 0 bridgehead atoms. The lowest BCUT2D eigenvalue weighted by atomic mass is 9.98. The zero-order chi connectivity index (χ0) is 23.7. The lowest BCUT2D eigenvalue weighted by Gasteiger charge is -2.25. The number of ether oxygens (including phenoxy) is 3. The molecule has 7 nitrogen and oxygen atoms in total. The molecule has 1 N–H and O–H groups in total. The normalized spacial score (nSPS) is 17.3. The van der Waals surface area contributed by atoms with Crippen LogP contribution >= 0.6 is 11.3 Å². The highest BCUT2D eigenvalue weighted by Gasteiger charge is 2.48. The van der Waals surface area contributed by atoms with Crippen molar-refractivity contribution in [3.8, 4) is 17.2 Å². The summed E-state index contributed by atoms with van der Waals surface area (Å²) in [6.45, 7) is 1.91. The minimum atomic E-state index is -0.812. The Bertz CT molecular complexity index is 1240. The predicted molar refractivity (Wildman–Crippen MR) is 126 cm³/mol. The van der Waals surface area contributed by atoms with Crippen molar-refractivity contribution in [3.05, 3.63) is 75.5 Å². The summed E-state index contributed by atoms with van der Waals surface area (Å²) in [6, 6.07) is 12.8. The second kappa shape index (κ2) is 8.99. The van der Waals surface area contributed by atoms with Crippen molar-refractivity contribution in [1.82, 2.24) is 0 Å². The van der Waals surface area contributed by atoms with Gasteiger partial charge in [0.15, 0.2) is 0 Å². The third-order valence-corrected chi connectivity index (χ3v) is 6.62. The van der Waals surface area contributed by atoms with Crippen molar-refractivity contribution < 1.29 is 28.9 Å². The van der Waals surface area contributed by atoms with Gasteiger partial charge < -0.3 is 19.3 Å². The number of aliphatic hydroxyl groups excluding tert-OH is 1. The second-order valence-electron chi connectivity index (χ2n) is 7.44. The molecular weight excluding hydrogens is 442 g/mol. The Morgan fingerprint density at radius 1 is 0.939 bits per heavy atom. The number of methoxy groups -OCH3 is 3. The zero-order valence-corrected chi connectivity index (χ0v) is 19.4. The average molecular weight is 466 g/mol. The molecule has 33 heavy (non-hydrogen) atoms. The number of rotatable bonds is 6. The summed E-state index contributed by atoms with van der Waals surface area (Å²) in [5.41, 5.74) is 1.73. The minimum absolute atomic E-state index is 0.0144. The number of amides is 1. The molecule has 3 aromatic rings. The molecule has 8 heteroatoms. The van der Waals surface area contributed by atoms with E-state index in [2.05, 4.69) is 0 Å². The Morgan fingerprint density at radius 2 is 1.61 bits per heavy atom. The van der Waals surface area contributed by atoms with Gasteiger partial charge in [-0.25, -0.2) is 0 Å². The van der Waals surface area contributed by atoms with E-state index in [4.69, 9.17) is 14.2 Å². The molecule has 0 saturated carbocycles. The van der Waals surface area contributed by atoms with Crippen LogP contribution in [0.1, 0.15) is 22.0 Å². The highest BCUT2D eigenvalue weighted by atomic mass is 32.1. The molecule has 0 spiro atoms. The fourth-order valence-electron chi connectivity index (χ4n) is 3.87. The number of hydrogen-bond donors (Lipinski definition) is 1. The molecule has 2 heterocycles. The van der Waals surface area contributed by atoms with E-state index in [9.17, 15) is 14.7 Å². The van der Waals surface area contributed by atoms with Gasteiger partial charge in [0.1, 0.15) is 29.0 Å². The van der Waals surface area contributed by atoms with E-state index in [1.807, 2.05) is 18.4 Å². The first kappa shape index (κ1) is 22.4. The second-order valence-corrected chi connectivity index (χ2v) is 8.39. The van der Waals surface area contributed by atoms with Crippen LogP contribution in [0.3, 0.4) is 0 Å². The molecule has 4 rings (SSSR count). The van der Waals surface area contributed by atoms with Crippen LogP contribution in [-0.2, 0) is 9.59 Å². The SMILES string of the molecule is COc1cccc(/C(O)=C2/C(=O)C(=O)N(c3cc(OC)cc(OC)c3)C2c2sccc2C)c1. The number of ketones is 1. The summed E-state index contributed by atoms with van der Waals surface area (Å²) in [7, 11) is 4.54. The first-order valence-corrected chi connectivity index (χ1v) is 11.0. The number of hydrogen-bond acceptors (Lipinski definition) is 7. The lowest BCUT2D eigenvalue weighted by Crippen LogP contribution is -2.29. The zero-order valence-electron chi connectivity index (χ0n) is 18.6. The molecule has 1 fully saturated rings. The summed E-state index contributed by atoms with van der Waals surface area (Å²) >= 11 is 1.41. The van der Waals surface area contributed by atoms with E-state index >= 15 is 0 Å². The number of thiophene rings is 1. The van der Waals surface area contributed by atoms with Crippen molar-refractivity contribution in [2.24, 2.45) is 0 Å².